The molecule has 0 saturated carbocycles. The Bertz CT molecular complexity index is 149. The van der Waals surface area contributed by atoms with E-state index in [0.717, 1.165) is 0 Å². The first-order valence-electron chi connectivity index (χ1n) is 2.42. The summed E-state index contributed by atoms with van der Waals surface area (Å²) in [6.45, 7) is -0.514. The number of hydrogen-bond donors (Lipinski definition) is 4. The zero-order valence-electron chi connectivity index (χ0n) is 5.07. The van der Waals surface area contributed by atoms with Crippen LogP contribution in [0.4, 0.5) is 0 Å². The van der Waals surface area contributed by atoms with Gasteiger partial charge in [0.2, 0.25) is 0 Å². The maximum atomic E-state index is 10.1. The number of rotatable bonds is 3. The second-order valence-electron chi connectivity index (χ2n) is 1.49. The van der Waals surface area contributed by atoms with Crippen molar-refractivity contribution >= 4 is 22.9 Å². The van der Waals surface area contributed by atoms with Gasteiger partial charge in [-0.3, -0.25) is 10.2 Å². The number of nitrogens with two attached hydrogens (primary N) is 1. The molecule has 1 unspecified atom stereocenters. The molecular weight excluding hydrogens is 156 g/mol. The summed E-state index contributed by atoms with van der Waals surface area (Å²) in [6.07, 6.45) is 0. The molecule has 0 aromatic heterocycles. The molecule has 0 saturated heterocycles. The highest BCUT2D eigenvalue weighted by molar-refractivity contribution is 8.14. The Morgan fingerprint density at radius 2 is 2.30 bits per heavy atom. The Balaban J connectivity index is 3.83. The topological polar surface area (TPSA) is 107 Å². The first-order chi connectivity index (χ1) is 4.57. The van der Waals surface area contributed by atoms with E-state index in [9.17, 15) is 4.79 Å². The lowest BCUT2D eigenvalue weighted by Crippen LogP contribution is -2.24. The van der Waals surface area contributed by atoms with Gasteiger partial charge in [0.25, 0.3) is 0 Å². The Labute approximate surface area is 61.7 Å². The van der Waals surface area contributed by atoms with Crippen LogP contribution >= 0.6 is 11.8 Å². The molecule has 0 aliphatic heterocycles. The Kier molecular flexibility index (Phi) is 3.82. The smallest absolute Gasteiger partial charge is 0.319 e. The van der Waals surface area contributed by atoms with Crippen LogP contribution in [0.2, 0.25) is 0 Å². The molecular formula is C4H8N2O3S. The fraction of sp³-hybridized carbons (Fsp3) is 0.500. The number of hydrogen-bond acceptors (Lipinski definition) is 4. The monoisotopic (exact) mass is 164 g/mol. The molecule has 10 heavy (non-hydrogen) atoms. The maximum Gasteiger partial charge on any atom is 0.319 e. The van der Waals surface area contributed by atoms with Gasteiger partial charge in [0.05, 0.1) is 6.61 Å². The Morgan fingerprint density at radius 3 is 2.40 bits per heavy atom. The molecule has 0 heterocycles. The third-order valence-electron chi connectivity index (χ3n) is 0.710. The predicted octanol–water partition coefficient (Wildman–Crippen LogP) is -0.941. The SMILES string of the molecule is N=C(N)SC(CO)C(=O)O. The van der Waals surface area contributed by atoms with E-state index in [1.165, 1.54) is 0 Å². The van der Waals surface area contributed by atoms with E-state index < -0.39 is 17.8 Å². The van der Waals surface area contributed by atoms with E-state index in [0.29, 0.717) is 11.8 Å². The van der Waals surface area contributed by atoms with Crippen LogP contribution in [0.1, 0.15) is 0 Å². The van der Waals surface area contributed by atoms with E-state index in [4.69, 9.17) is 21.4 Å². The number of thioether (sulfide) groups is 1. The number of aliphatic hydroxyl groups is 1. The maximum absolute atomic E-state index is 10.1. The number of aliphatic hydroxyl groups excluding tert-OH is 1. The molecule has 6 heteroatoms. The number of carbonyl (C=O) groups is 1. The fourth-order valence-corrected chi connectivity index (χ4v) is 0.801. The largest absolute Gasteiger partial charge is 0.480 e. The molecule has 5 nitrogen and oxygen atoms in total. The van der Waals surface area contributed by atoms with Crippen molar-refractivity contribution in [1.29, 1.82) is 5.41 Å². The summed E-state index contributed by atoms with van der Waals surface area (Å²) in [5, 5.41) is 22.0. The van der Waals surface area contributed by atoms with Crippen molar-refractivity contribution in [1.82, 2.24) is 0 Å². The normalized spacial score (nSPS) is 12.5. The number of aliphatic carboxylic acids is 1. The fourth-order valence-electron chi connectivity index (χ4n) is 0.319. The van der Waals surface area contributed by atoms with Crippen molar-refractivity contribution in [2.75, 3.05) is 6.61 Å². The molecule has 0 radical (unpaired) electrons. The van der Waals surface area contributed by atoms with Crippen LogP contribution in [0.5, 0.6) is 0 Å². The minimum atomic E-state index is -1.16. The van der Waals surface area contributed by atoms with Crippen molar-refractivity contribution < 1.29 is 15.0 Å². The third-order valence-corrected chi connectivity index (χ3v) is 1.60. The highest BCUT2D eigenvalue weighted by atomic mass is 32.2. The molecule has 0 aromatic carbocycles. The minimum Gasteiger partial charge on any atom is -0.480 e. The average Bonchev–Trinajstić information content (AvgIpc) is 1.81. The van der Waals surface area contributed by atoms with Crippen molar-refractivity contribution in [2.24, 2.45) is 5.73 Å². The molecule has 0 spiro atoms. The number of nitrogens with one attached hydrogen (secondary N) is 1. The van der Waals surface area contributed by atoms with Gasteiger partial charge >= 0.3 is 5.97 Å². The number of carboxylic acid groups (broad SMARTS) is 1. The Hall–Kier alpha value is -0.750. The van der Waals surface area contributed by atoms with Crippen molar-refractivity contribution in [3.05, 3.63) is 0 Å². The zero-order chi connectivity index (χ0) is 8.15. The number of amidine groups is 1. The molecule has 0 aromatic rings. The van der Waals surface area contributed by atoms with E-state index in [2.05, 4.69) is 0 Å². The van der Waals surface area contributed by atoms with Gasteiger partial charge in [0.1, 0.15) is 5.25 Å². The van der Waals surface area contributed by atoms with Gasteiger partial charge in [-0.1, -0.05) is 11.8 Å². The summed E-state index contributed by atoms with van der Waals surface area (Å²) in [7, 11) is 0. The van der Waals surface area contributed by atoms with Gasteiger partial charge in [0, 0.05) is 0 Å². The first-order valence-corrected chi connectivity index (χ1v) is 3.30. The van der Waals surface area contributed by atoms with Gasteiger partial charge in [0.15, 0.2) is 5.17 Å². The summed E-state index contributed by atoms with van der Waals surface area (Å²) in [5.41, 5.74) is 4.88. The lowest BCUT2D eigenvalue weighted by Gasteiger charge is -2.04. The third kappa shape index (κ3) is 3.31. The van der Waals surface area contributed by atoms with E-state index in [1.54, 1.807) is 0 Å². The average molecular weight is 164 g/mol. The molecule has 0 amide bonds. The van der Waals surface area contributed by atoms with Crippen LogP contribution in [0.25, 0.3) is 0 Å². The molecule has 58 valence electrons. The zero-order valence-corrected chi connectivity index (χ0v) is 5.89. The minimum absolute atomic E-state index is 0.304. The molecule has 0 aliphatic carbocycles. The van der Waals surface area contributed by atoms with Crippen molar-refractivity contribution in [3.8, 4) is 0 Å². The Morgan fingerprint density at radius 1 is 1.80 bits per heavy atom. The lowest BCUT2D eigenvalue weighted by atomic mass is 10.5. The van der Waals surface area contributed by atoms with Gasteiger partial charge in [-0.05, 0) is 0 Å². The van der Waals surface area contributed by atoms with Gasteiger partial charge in [-0.15, -0.1) is 0 Å². The summed E-state index contributed by atoms with van der Waals surface area (Å²) < 4.78 is 0. The first kappa shape index (κ1) is 9.25. The van der Waals surface area contributed by atoms with E-state index in [1.807, 2.05) is 0 Å². The second-order valence-corrected chi connectivity index (χ2v) is 2.74. The molecule has 0 rings (SSSR count). The predicted molar refractivity (Wildman–Crippen MR) is 38.0 cm³/mol. The van der Waals surface area contributed by atoms with Crippen LogP contribution < -0.4 is 5.73 Å². The molecule has 0 bridgehead atoms. The van der Waals surface area contributed by atoms with Crippen LogP contribution in [-0.2, 0) is 4.79 Å². The standard InChI is InChI=1S/C4H8N2O3S/c5-4(6)10-2(1-7)3(8)9/h2,7H,1H2,(H3,5,6)(H,8,9). The van der Waals surface area contributed by atoms with Gasteiger partial charge < -0.3 is 15.9 Å². The summed E-state index contributed by atoms with van der Waals surface area (Å²) in [5.74, 6) is -1.16. The molecule has 5 N–H and O–H groups in total. The van der Waals surface area contributed by atoms with Crippen LogP contribution in [0.3, 0.4) is 0 Å². The summed E-state index contributed by atoms with van der Waals surface area (Å²) in [6, 6.07) is 0. The summed E-state index contributed by atoms with van der Waals surface area (Å²) in [4.78, 5) is 10.1. The van der Waals surface area contributed by atoms with Crippen LogP contribution in [-0.4, -0.2) is 33.2 Å². The van der Waals surface area contributed by atoms with E-state index in [-0.39, 0.29) is 5.17 Å². The van der Waals surface area contributed by atoms with Gasteiger partial charge in [-0.25, -0.2) is 0 Å². The number of carboxylic acids is 1. The quantitative estimate of drug-likeness (QED) is 0.318. The van der Waals surface area contributed by atoms with Crippen LogP contribution in [0, 0.1) is 5.41 Å². The molecule has 0 fully saturated rings. The molecule has 1 atom stereocenters. The van der Waals surface area contributed by atoms with Crippen molar-refractivity contribution in [2.45, 2.75) is 5.25 Å². The second kappa shape index (κ2) is 4.13. The highest BCUT2D eigenvalue weighted by Crippen LogP contribution is 2.08. The lowest BCUT2D eigenvalue weighted by molar-refractivity contribution is -0.137. The van der Waals surface area contributed by atoms with E-state index >= 15 is 0 Å². The summed E-state index contributed by atoms with van der Waals surface area (Å²) >= 11 is 0.619. The molecule has 0 aliphatic rings. The highest BCUT2D eigenvalue weighted by Gasteiger charge is 2.17. The van der Waals surface area contributed by atoms with Gasteiger partial charge in [-0.2, -0.15) is 0 Å². The van der Waals surface area contributed by atoms with Crippen molar-refractivity contribution in [3.63, 3.8) is 0 Å². The van der Waals surface area contributed by atoms with Crippen LogP contribution in [0.15, 0.2) is 0 Å².